The zero-order valence-corrected chi connectivity index (χ0v) is 11.5. The van der Waals surface area contributed by atoms with Crippen molar-refractivity contribution < 1.29 is 4.79 Å². The molecule has 19 heavy (non-hydrogen) atoms. The lowest BCUT2D eigenvalue weighted by Crippen LogP contribution is -2.19. The summed E-state index contributed by atoms with van der Waals surface area (Å²) < 4.78 is 0. The third-order valence-electron chi connectivity index (χ3n) is 3.39. The Morgan fingerprint density at radius 3 is 2.89 bits per heavy atom. The number of carbonyl (C=O) groups excluding carboxylic acids is 1. The van der Waals surface area contributed by atoms with E-state index >= 15 is 0 Å². The highest BCUT2D eigenvalue weighted by atomic mass is 16.2. The Morgan fingerprint density at radius 2 is 2.21 bits per heavy atom. The first kappa shape index (κ1) is 13.5. The highest BCUT2D eigenvalue weighted by Gasteiger charge is 2.09. The average Bonchev–Trinajstić information content (AvgIpc) is 2.39. The first-order chi connectivity index (χ1) is 9.16. The Bertz CT molecular complexity index is 517. The van der Waals surface area contributed by atoms with Crippen LogP contribution in [-0.4, -0.2) is 12.1 Å². The minimum Gasteiger partial charge on any atom is -0.267 e. The normalized spacial score (nSPS) is 18.7. The Kier molecular flexibility index (Phi) is 4.50. The number of allylic oxidation sites excluding steroid dienone is 2. The molecule has 0 heterocycles. The minimum atomic E-state index is -0.139. The van der Waals surface area contributed by atoms with Crippen molar-refractivity contribution in [2.45, 2.75) is 33.1 Å². The summed E-state index contributed by atoms with van der Waals surface area (Å²) >= 11 is 0. The lowest BCUT2D eigenvalue weighted by atomic mass is 9.96. The van der Waals surface area contributed by atoms with E-state index in [0.29, 0.717) is 11.5 Å². The van der Waals surface area contributed by atoms with Gasteiger partial charge in [0.25, 0.3) is 5.91 Å². The van der Waals surface area contributed by atoms with Crippen LogP contribution in [0, 0.1) is 19.8 Å². The fourth-order valence-electron chi connectivity index (χ4n) is 2.28. The summed E-state index contributed by atoms with van der Waals surface area (Å²) in [4.78, 5) is 12.0. The number of aryl methyl sites for hydroxylation is 2. The number of nitrogens with one attached hydrogen (secondary N) is 1. The van der Waals surface area contributed by atoms with Gasteiger partial charge in [-0.15, -0.1) is 0 Å². The molecule has 0 saturated carbocycles. The SMILES string of the molecule is Cc1ccc(C(=O)N/N=C/C2CC=CCC2)c(C)c1. The van der Waals surface area contributed by atoms with Gasteiger partial charge in [-0.2, -0.15) is 5.10 Å². The van der Waals surface area contributed by atoms with Gasteiger partial charge in [-0.1, -0.05) is 29.8 Å². The van der Waals surface area contributed by atoms with Gasteiger partial charge in [-0.05, 0) is 50.7 Å². The molecular formula is C16H20N2O. The number of hydrazone groups is 1. The fourth-order valence-corrected chi connectivity index (χ4v) is 2.28. The summed E-state index contributed by atoms with van der Waals surface area (Å²) in [5.41, 5.74) is 5.44. The van der Waals surface area contributed by atoms with Crippen LogP contribution < -0.4 is 5.43 Å². The molecule has 1 unspecified atom stereocenters. The van der Waals surface area contributed by atoms with Crippen molar-refractivity contribution in [2.24, 2.45) is 11.0 Å². The first-order valence-corrected chi connectivity index (χ1v) is 6.72. The largest absolute Gasteiger partial charge is 0.271 e. The molecule has 1 aromatic rings. The highest BCUT2D eigenvalue weighted by Crippen LogP contribution is 2.15. The van der Waals surface area contributed by atoms with Crippen molar-refractivity contribution in [3.05, 3.63) is 47.0 Å². The Hall–Kier alpha value is -1.90. The second-order valence-electron chi connectivity index (χ2n) is 5.08. The summed E-state index contributed by atoms with van der Waals surface area (Å²) in [5, 5.41) is 4.08. The summed E-state index contributed by atoms with van der Waals surface area (Å²) in [5.74, 6) is 0.310. The van der Waals surface area contributed by atoms with E-state index in [-0.39, 0.29) is 5.91 Å². The smallest absolute Gasteiger partial charge is 0.267 e. The van der Waals surface area contributed by atoms with Crippen LogP contribution in [0.1, 0.15) is 40.7 Å². The maximum absolute atomic E-state index is 12.0. The van der Waals surface area contributed by atoms with Crippen molar-refractivity contribution in [2.75, 3.05) is 0 Å². The highest BCUT2D eigenvalue weighted by molar-refractivity contribution is 5.95. The lowest BCUT2D eigenvalue weighted by Gasteiger charge is -2.12. The molecule has 0 aromatic heterocycles. The van der Waals surface area contributed by atoms with Gasteiger partial charge in [0.2, 0.25) is 0 Å². The number of hydrogen-bond acceptors (Lipinski definition) is 2. The van der Waals surface area contributed by atoms with Gasteiger partial charge in [-0.25, -0.2) is 5.43 Å². The molecule has 3 nitrogen and oxygen atoms in total. The second-order valence-corrected chi connectivity index (χ2v) is 5.08. The fraction of sp³-hybridized carbons (Fsp3) is 0.375. The van der Waals surface area contributed by atoms with Crippen LogP contribution in [0.4, 0.5) is 0 Å². The lowest BCUT2D eigenvalue weighted by molar-refractivity contribution is 0.0954. The molecule has 1 aliphatic rings. The van der Waals surface area contributed by atoms with Gasteiger partial charge < -0.3 is 0 Å². The van der Waals surface area contributed by atoms with Crippen LogP contribution in [-0.2, 0) is 0 Å². The molecule has 0 bridgehead atoms. The van der Waals surface area contributed by atoms with Crippen LogP contribution in [0.2, 0.25) is 0 Å². The zero-order valence-electron chi connectivity index (χ0n) is 11.5. The van der Waals surface area contributed by atoms with Crippen molar-refractivity contribution >= 4 is 12.1 Å². The van der Waals surface area contributed by atoms with E-state index in [4.69, 9.17) is 0 Å². The molecular weight excluding hydrogens is 236 g/mol. The van der Waals surface area contributed by atoms with Crippen LogP contribution in [0.3, 0.4) is 0 Å². The maximum atomic E-state index is 12.0. The van der Waals surface area contributed by atoms with Crippen molar-refractivity contribution in [1.82, 2.24) is 5.43 Å². The number of amides is 1. The summed E-state index contributed by atoms with van der Waals surface area (Å²) in [6, 6.07) is 5.79. The second kappa shape index (κ2) is 6.32. The van der Waals surface area contributed by atoms with E-state index < -0.39 is 0 Å². The Balaban J connectivity index is 1.93. The summed E-state index contributed by atoms with van der Waals surface area (Å²) in [7, 11) is 0. The van der Waals surface area contributed by atoms with E-state index in [1.54, 1.807) is 0 Å². The molecule has 0 aliphatic heterocycles. The van der Waals surface area contributed by atoms with E-state index in [2.05, 4.69) is 22.7 Å². The topological polar surface area (TPSA) is 41.5 Å². The van der Waals surface area contributed by atoms with Crippen molar-refractivity contribution in [3.8, 4) is 0 Å². The number of rotatable bonds is 3. The molecule has 100 valence electrons. The molecule has 1 atom stereocenters. The van der Waals surface area contributed by atoms with Gasteiger partial charge in [0.15, 0.2) is 0 Å². The third-order valence-corrected chi connectivity index (χ3v) is 3.39. The number of carbonyl (C=O) groups is 1. The van der Waals surface area contributed by atoms with Gasteiger partial charge in [0.1, 0.15) is 0 Å². The number of nitrogens with zero attached hydrogens (tertiary/aromatic N) is 1. The van der Waals surface area contributed by atoms with E-state index in [9.17, 15) is 4.79 Å². The van der Waals surface area contributed by atoms with Crippen molar-refractivity contribution in [1.29, 1.82) is 0 Å². The van der Waals surface area contributed by atoms with Gasteiger partial charge in [-0.3, -0.25) is 4.79 Å². The van der Waals surface area contributed by atoms with Crippen molar-refractivity contribution in [3.63, 3.8) is 0 Å². The predicted octanol–water partition coefficient (Wildman–Crippen LogP) is 3.38. The molecule has 1 amide bonds. The van der Waals surface area contributed by atoms with Crippen LogP contribution in [0.25, 0.3) is 0 Å². The van der Waals surface area contributed by atoms with Gasteiger partial charge in [0, 0.05) is 11.8 Å². The molecule has 1 N–H and O–H groups in total. The summed E-state index contributed by atoms with van der Waals surface area (Å²) in [6.45, 7) is 3.96. The van der Waals surface area contributed by atoms with E-state index in [0.717, 1.165) is 30.4 Å². The standard InChI is InChI=1S/C16H20N2O/c1-12-8-9-15(13(2)10-12)16(19)18-17-11-14-6-4-3-5-7-14/h3-4,8-11,14H,5-7H2,1-2H3,(H,18,19)/b17-11+. The molecule has 0 radical (unpaired) electrons. The average molecular weight is 256 g/mol. The molecule has 0 fully saturated rings. The van der Waals surface area contributed by atoms with Crippen LogP contribution >= 0.6 is 0 Å². The first-order valence-electron chi connectivity index (χ1n) is 6.72. The van der Waals surface area contributed by atoms with E-state index in [1.807, 2.05) is 38.3 Å². The van der Waals surface area contributed by atoms with Crippen LogP contribution in [0.15, 0.2) is 35.5 Å². The van der Waals surface area contributed by atoms with Gasteiger partial charge in [0.05, 0.1) is 0 Å². The van der Waals surface area contributed by atoms with E-state index in [1.165, 1.54) is 0 Å². The molecule has 3 heteroatoms. The molecule has 2 rings (SSSR count). The van der Waals surface area contributed by atoms with Crippen LogP contribution in [0.5, 0.6) is 0 Å². The molecule has 0 saturated heterocycles. The molecule has 1 aromatic carbocycles. The zero-order chi connectivity index (χ0) is 13.7. The number of benzene rings is 1. The molecule has 0 spiro atoms. The maximum Gasteiger partial charge on any atom is 0.271 e. The third kappa shape index (κ3) is 3.78. The molecule has 1 aliphatic carbocycles. The monoisotopic (exact) mass is 256 g/mol. The Labute approximate surface area is 114 Å². The minimum absolute atomic E-state index is 0.139. The number of hydrogen-bond donors (Lipinski definition) is 1. The van der Waals surface area contributed by atoms with Gasteiger partial charge >= 0.3 is 0 Å². The Morgan fingerprint density at radius 1 is 1.37 bits per heavy atom. The quantitative estimate of drug-likeness (QED) is 0.503. The summed E-state index contributed by atoms with van der Waals surface area (Å²) in [6.07, 6.45) is 9.44. The predicted molar refractivity (Wildman–Crippen MR) is 78.4 cm³/mol.